The second-order valence-corrected chi connectivity index (χ2v) is 5.89. The van der Waals surface area contributed by atoms with Crippen molar-refractivity contribution in [3.8, 4) is 0 Å². The fraction of sp³-hybridized carbons (Fsp3) is 0.529. The first-order valence-corrected chi connectivity index (χ1v) is 8.15. The molecule has 7 heteroatoms. The van der Waals surface area contributed by atoms with Crippen LogP contribution in [0.1, 0.15) is 13.3 Å². The summed E-state index contributed by atoms with van der Waals surface area (Å²) in [7, 11) is 3.49. The van der Waals surface area contributed by atoms with Crippen LogP contribution in [0.4, 0.5) is 5.69 Å². The van der Waals surface area contributed by atoms with Crippen LogP contribution in [-0.2, 0) is 4.79 Å². The molecular weight excluding hydrogens is 417 g/mol. The van der Waals surface area contributed by atoms with E-state index in [1.54, 1.807) is 19.0 Å². The summed E-state index contributed by atoms with van der Waals surface area (Å²) in [6.45, 7) is 4.93. The van der Waals surface area contributed by atoms with Gasteiger partial charge in [-0.25, -0.2) is 4.99 Å². The van der Waals surface area contributed by atoms with Crippen molar-refractivity contribution in [2.75, 3.05) is 45.2 Å². The van der Waals surface area contributed by atoms with Gasteiger partial charge in [0.25, 0.3) is 0 Å². The molecule has 1 unspecified atom stereocenters. The van der Waals surface area contributed by atoms with Crippen molar-refractivity contribution in [1.29, 1.82) is 0 Å². The first kappa shape index (κ1) is 20.5. The van der Waals surface area contributed by atoms with Crippen LogP contribution in [0.2, 0.25) is 0 Å². The molecule has 0 aromatic heterocycles. The minimum absolute atomic E-state index is 0. The van der Waals surface area contributed by atoms with Gasteiger partial charge in [-0.3, -0.25) is 4.79 Å². The highest BCUT2D eigenvalue weighted by Crippen LogP contribution is 2.19. The van der Waals surface area contributed by atoms with Gasteiger partial charge in [0.15, 0.2) is 5.96 Å². The van der Waals surface area contributed by atoms with E-state index in [-0.39, 0.29) is 36.4 Å². The van der Waals surface area contributed by atoms with Crippen LogP contribution in [0.3, 0.4) is 0 Å². The molecule has 2 rings (SSSR count). The highest BCUT2D eigenvalue weighted by atomic mass is 127. The maximum absolute atomic E-state index is 11.7. The first-order chi connectivity index (χ1) is 11.1. The summed E-state index contributed by atoms with van der Waals surface area (Å²) in [5, 5.41) is 6.65. The van der Waals surface area contributed by atoms with Gasteiger partial charge in [0, 0.05) is 45.5 Å². The zero-order valence-corrected chi connectivity index (χ0v) is 17.0. The zero-order chi connectivity index (χ0) is 16.7. The first-order valence-electron chi connectivity index (χ1n) is 8.15. The van der Waals surface area contributed by atoms with Crippen molar-refractivity contribution in [2.24, 2.45) is 4.99 Å². The molecule has 0 saturated carbocycles. The molecule has 1 aliphatic heterocycles. The van der Waals surface area contributed by atoms with Crippen LogP contribution in [0.15, 0.2) is 35.3 Å². The van der Waals surface area contributed by atoms with E-state index in [2.05, 4.69) is 44.8 Å². The van der Waals surface area contributed by atoms with Crippen molar-refractivity contribution in [3.05, 3.63) is 30.3 Å². The number of halogens is 1. The SMILES string of the molecule is CCNC(=NCC(=O)N(C)C)NC1CCN(c2ccccc2)C1.I. The molecule has 1 aliphatic rings. The lowest BCUT2D eigenvalue weighted by molar-refractivity contribution is -0.127. The van der Waals surface area contributed by atoms with Gasteiger partial charge in [0.2, 0.25) is 5.91 Å². The number of nitrogens with zero attached hydrogens (tertiary/aromatic N) is 3. The fourth-order valence-corrected chi connectivity index (χ4v) is 2.55. The van der Waals surface area contributed by atoms with Crippen molar-refractivity contribution in [2.45, 2.75) is 19.4 Å². The smallest absolute Gasteiger partial charge is 0.243 e. The molecular formula is C17H28IN5O. The number of hydrogen-bond donors (Lipinski definition) is 2. The number of guanidine groups is 1. The number of anilines is 1. The maximum atomic E-state index is 11.7. The number of rotatable bonds is 5. The van der Waals surface area contributed by atoms with Crippen molar-refractivity contribution in [3.63, 3.8) is 0 Å². The van der Waals surface area contributed by atoms with Crippen LogP contribution in [-0.4, -0.2) is 63.1 Å². The van der Waals surface area contributed by atoms with E-state index in [0.29, 0.717) is 12.0 Å². The highest BCUT2D eigenvalue weighted by Gasteiger charge is 2.23. The Morgan fingerprint density at radius 2 is 2.04 bits per heavy atom. The second-order valence-electron chi connectivity index (χ2n) is 5.89. The Kier molecular flexibility index (Phi) is 8.88. The number of hydrogen-bond acceptors (Lipinski definition) is 3. The third kappa shape index (κ3) is 6.18. The summed E-state index contributed by atoms with van der Waals surface area (Å²) >= 11 is 0. The van der Waals surface area contributed by atoms with Crippen LogP contribution < -0.4 is 15.5 Å². The van der Waals surface area contributed by atoms with Crippen LogP contribution in [0, 0.1) is 0 Å². The number of carbonyl (C=O) groups is 1. The molecule has 1 aromatic carbocycles. The van der Waals surface area contributed by atoms with Gasteiger partial charge in [-0.05, 0) is 25.5 Å². The number of para-hydroxylation sites is 1. The average Bonchev–Trinajstić information content (AvgIpc) is 3.01. The summed E-state index contributed by atoms with van der Waals surface area (Å²) in [4.78, 5) is 20.0. The zero-order valence-electron chi connectivity index (χ0n) is 14.7. The number of likely N-dealkylation sites (N-methyl/N-ethyl adjacent to an activating group) is 1. The topological polar surface area (TPSA) is 60.0 Å². The van der Waals surface area contributed by atoms with E-state index >= 15 is 0 Å². The van der Waals surface area contributed by atoms with Gasteiger partial charge < -0.3 is 20.4 Å². The Morgan fingerprint density at radius 1 is 1.33 bits per heavy atom. The molecule has 1 heterocycles. The monoisotopic (exact) mass is 445 g/mol. The predicted octanol–water partition coefficient (Wildman–Crippen LogP) is 1.53. The molecule has 2 N–H and O–H groups in total. The maximum Gasteiger partial charge on any atom is 0.243 e. The number of aliphatic imine (C=N–C) groups is 1. The molecule has 1 amide bonds. The summed E-state index contributed by atoms with van der Waals surface area (Å²) in [5.74, 6) is 0.710. The molecule has 1 fully saturated rings. The molecule has 24 heavy (non-hydrogen) atoms. The molecule has 6 nitrogen and oxygen atoms in total. The Bertz CT molecular complexity index is 535. The quantitative estimate of drug-likeness (QED) is 0.410. The normalized spacial score (nSPS) is 17.2. The largest absolute Gasteiger partial charge is 0.369 e. The van der Waals surface area contributed by atoms with Crippen LogP contribution >= 0.6 is 24.0 Å². The molecule has 0 spiro atoms. The van der Waals surface area contributed by atoms with Crippen molar-refractivity contribution < 1.29 is 4.79 Å². The Balaban J connectivity index is 0.00000288. The summed E-state index contributed by atoms with van der Waals surface area (Å²) in [6.07, 6.45) is 1.06. The van der Waals surface area contributed by atoms with Gasteiger partial charge >= 0.3 is 0 Å². The molecule has 134 valence electrons. The summed E-state index contributed by atoms with van der Waals surface area (Å²) < 4.78 is 0. The summed E-state index contributed by atoms with van der Waals surface area (Å²) in [5.41, 5.74) is 1.25. The number of carbonyl (C=O) groups excluding carboxylic acids is 1. The minimum atomic E-state index is -0.000429. The lowest BCUT2D eigenvalue weighted by Gasteiger charge is -2.20. The number of nitrogens with one attached hydrogen (secondary N) is 2. The van der Waals surface area contributed by atoms with Gasteiger partial charge in [0.1, 0.15) is 6.54 Å². The van der Waals surface area contributed by atoms with Gasteiger partial charge in [-0.2, -0.15) is 0 Å². The lowest BCUT2D eigenvalue weighted by atomic mass is 10.3. The van der Waals surface area contributed by atoms with E-state index in [1.165, 1.54) is 5.69 Å². The van der Waals surface area contributed by atoms with E-state index < -0.39 is 0 Å². The highest BCUT2D eigenvalue weighted by molar-refractivity contribution is 14.0. The van der Waals surface area contributed by atoms with Gasteiger partial charge in [-0.15, -0.1) is 24.0 Å². The third-order valence-corrected chi connectivity index (χ3v) is 3.87. The van der Waals surface area contributed by atoms with Gasteiger partial charge in [0.05, 0.1) is 0 Å². The molecule has 1 atom stereocenters. The Hall–Kier alpha value is -1.51. The molecule has 0 aliphatic carbocycles. The van der Waals surface area contributed by atoms with Crippen LogP contribution in [0.5, 0.6) is 0 Å². The van der Waals surface area contributed by atoms with Crippen molar-refractivity contribution >= 4 is 41.5 Å². The third-order valence-electron chi connectivity index (χ3n) is 3.87. The van der Waals surface area contributed by atoms with E-state index in [1.807, 2.05) is 13.0 Å². The Labute approximate surface area is 161 Å². The van der Waals surface area contributed by atoms with E-state index in [4.69, 9.17) is 0 Å². The molecule has 1 saturated heterocycles. The fourth-order valence-electron chi connectivity index (χ4n) is 2.55. The van der Waals surface area contributed by atoms with E-state index in [9.17, 15) is 4.79 Å². The molecule has 0 bridgehead atoms. The van der Waals surface area contributed by atoms with Gasteiger partial charge in [-0.1, -0.05) is 18.2 Å². The van der Waals surface area contributed by atoms with Crippen LogP contribution in [0.25, 0.3) is 0 Å². The van der Waals surface area contributed by atoms with E-state index in [0.717, 1.165) is 26.1 Å². The predicted molar refractivity (Wildman–Crippen MR) is 110 cm³/mol. The van der Waals surface area contributed by atoms with Crippen molar-refractivity contribution in [1.82, 2.24) is 15.5 Å². The molecule has 1 aromatic rings. The number of amides is 1. The molecule has 0 radical (unpaired) electrons. The standard InChI is InChI=1S/C17H27N5O.HI/c1-4-18-17(19-12-16(23)21(2)3)20-14-10-11-22(13-14)15-8-6-5-7-9-15;/h5-9,14H,4,10-13H2,1-3H3,(H2,18,19,20);1H. The average molecular weight is 445 g/mol. The Morgan fingerprint density at radius 3 is 2.67 bits per heavy atom. The second kappa shape index (κ2) is 10.4. The number of benzene rings is 1. The lowest BCUT2D eigenvalue weighted by Crippen LogP contribution is -2.45. The minimum Gasteiger partial charge on any atom is -0.369 e. The summed E-state index contributed by atoms with van der Waals surface area (Å²) in [6, 6.07) is 10.8.